The van der Waals surface area contributed by atoms with E-state index in [9.17, 15) is 19.2 Å². The summed E-state index contributed by atoms with van der Waals surface area (Å²) >= 11 is 0. The van der Waals surface area contributed by atoms with Gasteiger partial charge >= 0.3 is 5.97 Å². The van der Waals surface area contributed by atoms with Crippen LogP contribution in [0.2, 0.25) is 0 Å². The molecule has 0 saturated carbocycles. The first-order valence-electron chi connectivity index (χ1n) is 8.67. The Bertz CT molecular complexity index is 778. The maximum atomic E-state index is 12.5. The van der Waals surface area contributed by atoms with Crippen molar-refractivity contribution in [2.45, 2.75) is 25.3 Å². The number of anilines is 1. The smallest absolute Gasteiger partial charge is 0.308 e. The Labute approximate surface area is 156 Å². The summed E-state index contributed by atoms with van der Waals surface area (Å²) in [5.74, 6) is -0.850. The van der Waals surface area contributed by atoms with Crippen molar-refractivity contribution in [2.24, 2.45) is 0 Å². The van der Waals surface area contributed by atoms with Crippen LogP contribution in [0.25, 0.3) is 0 Å². The van der Waals surface area contributed by atoms with Crippen molar-refractivity contribution in [2.75, 3.05) is 32.1 Å². The zero-order valence-corrected chi connectivity index (χ0v) is 14.9. The maximum Gasteiger partial charge on any atom is 0.308 e. The summed E-state index contributed by atoms with van der Waals surface area (Å²) in [5.41, 5.74) is 1.69. The molecule has 3 rings (SSSR count). The van der Waals surface area contributed by atoms with Gasteiger partial charge in [-0.25, -0.2) is 0 Å². The lowest BCUT2D eigenvalue weighted by molar-refractivity contribution is -0.151. The Morgan fingerprint density at radius 2 is 2.07 bits per heavy atom. The highest BCUT2D eigenvalue weighted by Gasteiger charge is 2.35. The third-order valence-electron chi connectivity index (χ3n) is 4.57. The molecular formula is C18H21N3O6. The number of amides is 3. The van der Waals surface area contributed by atoms with Crippen LogP contribution in [-0.2, 0) is 30.3 Å². The minimum absolute atomic E-state index is 0.0219. The van der Waals surface area contributed by atoms with Gasteiger partial charge in [-0.15, -0.1) is 0 Å². The fraction of sp³-hybridized carbons (Fsp3) is 0.444. The number of aryl methyl sites for hydroxylation is 1. The number of fused-ring (bicyclic) bond motifs is 1. The van der Waals surface area contributed by atoms with E-state index in [0.29, 0.717) is 31.7 Å². The fourth-order valence-electron chi connectivity index (χ4n) is 3.13. The van der Waals surface area contributed by atoms with Crippen LogP contribution in [0.15, 0.2) is 18.2 Å². The molecule has 1 fully saturated rings. The van der Waals surface area contributed by atoms with Crippen LogP contribution in [0.4, 0.5) is 5.69 Å². The predicted octanol–water partition coefficient (Wildman–Crippen LogP) is -0.160. The monoisotopic (exact) mass is 375 g/mol. The van der Waals surface area contributed by atoms with E-state index in [2.05, 4.69) is 15.4 Å². The van der Waals surface area contributed by atoms with Crippen LogP contribution in [-0.4, -0.2) is 61.4 Å². The number of carbonyl (C=O) groups excluding carboxylic acids is 4. The molecular weight excluding hydrogens is 354 g/mol. The maximum absolute atomic E-state index is 12.5. The Kier molecular flexibility index (Phi) is 5.58. The molecule has 2 aliphatic rings. The van der Waals surface area contributed by atoms with Crippen molar-refractivity contribution in [3.8, 4) is 5.75 Å². The molecule has 1 aromatic carbocycles. The van der Waals surface area contributed by atoms with Gasteiger partial charge in [-0.2, -0.15) is 0 Å². The lowest BCUT2D eigenvalue weighted by atomic mass is 10.0. The lowest BCUT2D eigenvalue weighted by Crippen LogP contribution is -2.58. The van der Waals surface area contributed by atoms with Gasteiger partial charge in [0.1, 0.15) is 11.8 Å². The first-order valence-corrected chi connectivity index (χ1v) is 8.67. The molecule has 1 aromatic rings. The number of nitrogens with one attached hydrogen (secondary N) is 2. The number of ether oxygens (including phenoxy) is 2. The Morgan fingerprint density at radius 3 is 2.85 bits per heavy atom. The Hall–Kier alpha value is -3.10. The number of carbonyl (C=O) groups is 4. The average Bonchev–Trinajstić information content (AvgIpc) is 2.67. The molecule has 1 atom stereocenters. The van der Waals surface area contributed by atoms with Crippen molar-refractivity contribution in [3.05, 3.63) is 23.8 Å². The molecule has 0 radical (unpaired) electrons. The number of hydrogen-bond donors (Lipinski definition) is 2. The van der Waals surface area contributed by atoms with Crippen molar-refractivity contribution in [3.63, 3.8) is 0 Å². The normalized spacial score (nSPS) is 18.9. The van der Waals surface area contributed by atoms with Gasteiger partial charge in [0.05, 0.1) is 13.5 Å². The summed E-state index contributed by atoms with van der Waals surface area (Å²) in [6.07, 6.45) is 0.819. The van der Waals surface area contributed by atoms with Crippen LogP contribution in [0.5, 0.6) is 5.75 Å². The second-order valence-electron chi connectivity index (χ2n) is 6.33. The molecule has 144 valence electrons. The Morgan fingerprint density at radius 1 is 1.26 bits per heavy atom. The largest absolute Gasteiger partial charge is 0.484 e. The zero-order valence-electron chi connectivity index (χ0n) is 14.9. The molecule has 0 bridgehead atoms. The molecule has 2 aliphatic heterocycles. The van der Waals surface area contributed by atoms with Crippen molar-refractivity contribution in [1.82, 2.24) is 10.2 Å². The van der Waals surface area contributed by atoms with E-state index in [1.54, 1.807) is 18.2 Å². The second-order valence-corrected chi connectivity index (χ2v) is 6.33. The van der Waals surface area contributed by atoms with E-state index in [1.807, 2.05) is 0 Å². The topological polar surface area (TPSA) is 114 Å². The standard InChI is InChI=1S/C18H21N3O6/c1-26-17(24)9-14-18(25)19-6-7-21(14)16(23)10-27-12-3-4-13-11(8-12)2-5-15(22)20-13/h3-4,8,14H,2,5-7,9-10H2,1H3,(H,19,25)(H,20,22). The van der Waals surface area contributed by atoms with Crippen LogP contribution >= 0.6 is 0 Å². The molecule has 9 nitrogen and oxygen atoms in total. The van der Waals surface area contributed by atoms with Gasteiger partial charge in [0.15, 0.2) is 6.61 Å². The summed E-state index contributed by atoms with van der Waals surface area (Å²) in [5, 5.41) is 5.42. The number of esters is 1. The molecule has 2 N–H and O–H groups in total. The van der Waals surface area contributed by atoms with E-state index >= 15 is 0 Å². The van der Waals surface area contributed by atoms with Crippen LogP contribution < -0.4 is 15.4 Å². The molecule has 9 heteroatoms. The number of piperazine rings is 1. The van der Waals surface area contributed by atoms with E-state index in [-0.39, 0.29) is 30.7 Å². The van der Waals surface area contributed by atoms with Crippen LogP contribution in [0.1, 0.15) is 18.4 Å². The minimum atomic E-state index is -0.902. The van der Waals surface area contributed by atoms with E-state index < -0.39 is 12.0 Å². The molecule has 27 heavy (non-hydrogen) atoms. The van der Waals surface area contributed by atoms with E-state index in [0.717, 1.165) is 11.3 Å². The summed E-state index contributed by atoms with van der Waals surface area (Å²) in [6.45, 7) is 0.364. The second kappa shape index (κ2) is 8.07. The van der Waals surface area contributed by atoms with Gasteiger partial charge in [-0.05, 0) is 30.2 Å². The number of rotatable bonds is 5. The molecule has 2 heterocycles. The van der Waals surface area contributed by atoms with Gasteiger partial charge in [0, 0.05) is 25.2 Å². The van der Waals surface area contributed by atoms with Gasteiger partial charge in [-0.3, -0.25) is 19.2 Å². The lowest BCUT2D eigenvalue weighted by Gasteiger charge is -2.34. The van der Waals surface area contributed by atoms with Crippen molar-refractivity contribution < 1.29 is 28.7 Å². The fourth-order valence-corrected chi connectivity index (χ4v) is 3.13. The molecule has 3 amide bonds. The number of hydrogen-bond acceptors (Lipinski definition) is 6. The molecule has 0 aromatic heterocycles. The Balaban J connectivity index is 1.63. The van der Waals surface area contributed by atoms with Crippen LogP contribution in [0.3, 0.4) is 0 Å². The predicted molar refractivity (Wildman–Crippen MR) is 94.0 cm³/mol. The van der Waals surface area contributed by atoms with Gasteiger partial charge in [-0.1, -0.05) is 0 Å². The zero-order chi connectivity index (χ0) is 19.4. The third kappa shape index (κ3) is 4.36. The minimum Gasteiger partial charge on any atom is -0.484 e. The summed E-state index contributed by atoms with van der Waals surface area (Å²) < 4.78 is 10.2. The SMILES string of the molecule is COC(=O)CC1C(=O)NCCN1C(=O)COc1ccc2c(c1)CCC(=O)N2. The molecule has 1 unspecified atom stereocenters. The molecule has 1 saturated heterocycles. The van der Waals surface area contributed by atoms with Crippen molar-refractivity contribution >= 4 is 29.4 Å². The van der Waals surface area contributed by atoms with Crippen LogP contribution in [0, 0.1) is 0 Å². The average molecular weight is 375 g/mol. The number of methoxy groups -OCH3 is 1. The third-order valence-corrected chi connectivity index (χ3v) is 4.57. The van der Waals surface area contributed by atoms with Crippen molar-refractivity contribution in [1.29, 1.82) is 0 Å². The summed E-state index contributed by atoms with van der Waals surface area (Å²) in [6, 6.07) is 4.30. The highest BCUT2D eigenvalue weighted by molar-refractivity contribution is 5.94. The van der Waals surface area contributed by atoms with Gasteiger partial charge in [0.25, 0.3) is 5.91 Å². The quantitative estimate of drug-likeness (QED) is 0.692. The highest BCUT2D eigenvalue weighted by Crippen LogP contribution is 2.26. The van der Waals surface area contributed by atoms with Gasteiger partial charge < -0.3 is 25.0 Å². The summed E-state index contributed by atoms with van der Waals surface area (Å²) in [7, 11) is 1.23. The first kappa shape index (κ1) is 18.7. The number of nitrogens with zero attached hydrogens (tertiary/aromatic N) is 1. The molecule has 0 aliphatic carbocycles. The summed E-state index contributed by atoms with van der Waals surface area (Å²) in [4.78, 5) is 48.8. The van der Waals surface area contributed by atoms with Gasteiger partial charge in [0.2, 0.25) is 11.8 Å². The first-order chi connectivity index (χ1) is 13.0. The van der Waals surface area contributed by atoms with E-state index in [1.165, 1.54) is 12.0 Å². The highest BCUT2D eigenvalue weighted by atomic mass is 16.5. The molecule has 0 spiro atoms. The number of benzene rings is 1. The van der Waals surface area contributed by atoms with E-state index in [4.69, 9.17) is 4.74 Å².